The number of carbonyl (C=O) groups excluding carboxylic acids is 2. The standard InChI is InChI=1S/C22H17BrFNO2/c1-22(2,3)21-17(14-10-11(24)8-9-15(14)25-21)16-12-6-4-5-7-13(12)19(26)20(27)18(16)23/h4-10,25H,1-3H3. The molecule has 1 N–H and O–H groups in total. The summed E-state index contributed by atoms with van der Waals surface area (Å²) < 4.78 is 14.3. The number of H-pyrrole nitrogens is 1. The predicted octanol–water partition coefficient (Wildman–Crippen LogP) is 5.52. The summed E-state index contributed by atoms with van der Waals surface area (Å²) in [5.41, 5.74) is 3.79. The molecule has 1 aliphatic carbocycles. The Balaban J connectivity index is 2.18. The zero-order valence-electron chi connectivity index (χ0n) is 15.1. The molecule has 0 unspecified atom stereocenters. The predicted molar refractivity (Wildman–Crippen MR) is 108 cm³/mol. The Bertz CT molecular complexity index is 1160. The monoisotopic (exact) mass is 425 g/mol. The molecule has 4 rings (SSSR count). The third-order valence-corrected chi connectivity index (χ3v) is 5.58. The number of rotatable bonds is 1. The van der Waals surface area contributed by atoms with Gasteiger partial charge < -0.3 is 4.98 Å². The van der Waals surface area contributed by atoms with Crippen molar-refractivity contribution < 1.29 is 14.0 Å². The Hall–Kier alpha value is -2.53. The first-order valence-electron chi connectivity index (χ1n) is 8.60. The van der Waals surface area contributed by atoms with Crippen molar-refractivity contribution in [3.8, 4) is 0 Å². The Labute approximate surface area is 164 Å². The quantitative estimate of drug-likeness (QED) is 0.521. The van der Waals surface area contributed by atoms with Crippen LogP contribution in [0, 0.1) is 5.82 Å². The molecule has 1 heterocycles. The fraction of sp³-hybridized carbons (Fsp3) is 0.182. The van der Waals surface area contributed by atoms with Crippen molar-refractivity contribution in [3.63, 3.8) is 0 Å². The van der Waals surface area contributed by atoms with Crippen molar-refractivity contribution >= 4 is 44.0 Å². The summed E-state index contributed by atoms with van der Waals surface area (Å²) in [6, 6.07) is 11.6. The summed E-state index contributed by atoms with van der Waals surface area (Å²) in [4.78, 5) is 28.5. The lowest BCUT2D eigenvalue weighted by molar-refractivity contribution is -0.111. The molecule has 0 fully saturated rings. The van der Waals surface area contributed by atoms with Gasteiger partial charge in [-0.25, -0.2) is 4.39 Å². The zero-order chi connectivity index (χ0) is 19.5. The van der Waals surface area contributed by atoms with Gasteiger partial charge in [0.1, 0.15) is 5.82 Å². The summed E-state index contributed by atoms with van der Waals surface area (Å²) in [5, 5.41) is 0.684. The number of hydrogen-bond acceptors (Lipinski definition) is 2. The molecule has 136 valence electrons. The largest absolute Gasteiger partial charge is 0.357 e. The van der Waals surface area contributed by atoms with E-state index in [-0.39, 0.29) is 15.7 Å². The van der Waals surface area contributed by atoms with Crippen molar-refractivity contribution in [3.05, 3.63) is 75.1 Å². The first-order valence-corrected chi connectivity index (χ1v) is 9.39. The van der Waals surface area contributed by atoms with Crippen LogP contribution >= 0.6 is 15.9 Å². The number of Topliss-reactive ketones (excluding diaryl/α,β-unsaturated/α-hetero) is 2. The Kier molecular flexibility index (Phi) is 3.96. The minimum absolute atomic E-state index is 0.210. The van der Waals surface area contributed by atoms with Crippen molar-refractivity contribution in [2.45, 2.75) is 26.2 Å². The average Bonchev–Trinajstić information content (AvgIpc) is 2.99. The second kappa shape index (κ2) is 5.99. The van der Waals surface area contributed by atoms with Gasteiger partial charge in [0.05, 0.1) is 4.48 Å². The van der Waals surface area contributed by atoms with Crippen molar-refractivity contribution in [2.24, 2.45) is 0 Å². The molecule has 0 radical (unpaired) electrons. The summed E-state index contributed by atoms with van der Waals surface area (Å²) in [6.45, 7) is 6.15. The smallest absolute Gasteiger partial charge is 0.241 e. The van der Waals surface area contributed by atoms with Crippen LogP contribution in [-0.4, -0.2) is 16.6 Å². The molecule has 1 aromatic heterocycles. The molecule has 0 saturated carbocycles. The lowest BCUT2D eigenvalue weighted by Crippen LogP contribution is -2.23. The fourth-order valence-corrected chi connectivity index (χ4v) is 4.18. The summed E-state index contributed by atoms with van der Waals surface area (Å²) >= 11 is 3.36. The second-order valence-corrected chi connectivity index (χ2v) is 8.50. The van der Waals surface area contributed by atoms with Crippen LogP contribution in [0.3, 0.4) is 0 Å². The molecule has 0 spiro atoms. The van der Waals surface area contributed by atoms with E-state index in [0.29, 0.717) is 22.1 Å². The Morgan fingerprint density at radius 2 is 1.63 bits per heavy atom. The number of allylic oxidation sites excluding steroid dienone is 1. The summed E-state index contributed by atoms with van der Waals surface area (Å²) in [6.07, 6.45) is 0. The lowest BCUT2D eigenvalue weighted by Gasteiger charge is -2.24. The van der Waals surface area contributed by atoms with Gasteiger partial charge in [-0.15, -0.1) is 0 Å². The van der Waals surface area contributed by atoms with Gasteiger partial charge in [0.15, 0.2) is 0 Å². The number of ketones is 2. The number of benzene rings is 2. The SMILES string of the molecule is CC(C)(C)c1[nH]c2ccc(F)cc2c1C1=C(Br)C(=O)C(=O)c2ccccc21. The van der Waals surface area contributed by atoms with Gasteiger partial charge in [0.25, 0.3) is 0 Å². The highest BCUT2D eigenvalue weighted by atomic mass is 79.9. The Morgan fingerprint density at radius 3 is 2.30 bits per heavy atom. The van der Waals surface area contributed by atoms with E-state index in [0.717, 1.165) is 16.8 Å². The normalized spacial score (nSPS) is 14.9. The molecule has 5 heteroatoms. The molecule has 0 amide bonds. The van der Waals surface area contributed by atoms with Crippen molar-refractivity contribution in [2.75, 3.05) is 0 Å². The second-order valence-electron chi connectivity index (χ2n) is 7.71. The number of nitrogens with one attached hydrogen (secondary N) is 1. The number of halogens is 2. The lowest BCUT2D eigenvalue weighted by atomic mass is 9.80. The van der Waals surface area contributed by atoms with E-state index in [2.05, 4.69) is 20.9 Å². The molecular weight excluding hydrogens is 409 g/mol. The summed E-state index contributed by atoms with van der Waals surface area (Å²) in [5.74, 6) is -1.48. The fourth-order valence-electron chi connectivity index (χ4n) is 3.58. The Morgan fingerprint density at radius 1 is 0.963 bits per heavy atom. The highest BCUT2D eigenvalue weighted by molar-refractivity contribution is 9.12. The van der Waals surface area contributed by atoms with Gasteiger partial charge in [-0.1, -0.05) is 45.0 Å². The van der Waals surface area contributed by atoms with Gasteiger partial charge in [-0.3, -0.25) is 9.59 Å². The maximum absolute atomic E-state index is 14.1. The van der Waals surface area contributed by atoms with E-state index in [9.17, 15) is 14.0 Å². The van der Waals surface area contributed by atoms with Crippen LogP contribution in [-0.2, 0) is 10.2 Å². The van der Waals surface area contributed by atoms with Crippen LogP contribution in [0.1, 0.15) is 48.0 Å². The summed E-state index contributed by atoms with van der Waals surface area (Å²) in [7, 11) is 0. The van der Waals surface area contributed by atoms with Gasteiger partial charge in [0.2, 0.25) is 11.6 Å². The van der Waals surface area contributed by atoms with Crippen molar-refractivity contribution in [1.29, 1.82) is 0 Å². The minimum Gasteiger partial charge on any atom is -0.357 e. The molecule has 0 bridgehead atoms. The van der Waals surface area contributed by atoms with Crippen molar-refractivity contribution in [1.82, 2.24) is 4.98 Å². The molecule has 0 atom stereocenters. The molecule has 1 aliphatic rings. The van der Waals surface area contributed by atoms with Crippen LogP contribution in [0.15, 0.2) is 46.9 Å². The van der Waals surface area contributed by atoms with E-state index in [4.69, 9.17) is 0 Å². The number of hydrogen-bond donors (Lipinski definition) is 1. The zero-order valence-corrected chi connectivity index (χ0v) is 16.7. The van der Waals surface area contributed by atoms with Crippen LogP contribution < -0.4 is 0 Å². The molecule has 0 aliphatic heterocycles. The maximum atomic E-state index is 14.1. The third kappa shape index (κ3) is 2.69. The first-order chi connectivity index (χ1) is 12.7. The average molecular weight is 426 g/mol. The van der Waals surface area contributed by atoms with Crippen LogP contribution in [0.25, 0.3) is 16.5 Å². The van der Waals surface area contributed by atoms with Crippen LogP contribution in [0.4, 0.5) is 4.39 Å². The minimum atomic E-state index is -0.589. The van der Waals surface area contributed by atoms with Gasteiger partial charge in [0, 0.05) is 38.7 Å². The molecule has 27 heavy (non-hydrogen) atoms. The van der Waals surface area contributed by atoms with Gasteiger partial charge in [-0.2, -0.15) is 0 Å². The van der Waals surface area contributed by atoms with E-state index in [1.165, 1.54) is 12.1 Å². The number of carbonyl (C=O) groups is 2. The van der Waals surface area contributed by atoms with E-state index < -0.39 is 11.6 Å². The highest BCUT2D eigenvalue weighted by Gasteiger charge is 2.35. The molecule has 3 aromatic rings. The van der Waals surface area contributed by atoms with E-state index >= 15 is 0 Å². The number of fused-ring (bicyclic) bond motifs is 2. The van der Waals surface area contributed by atoms with Gasteiger partial charge in [-0.05, 0) is 39.7 Å². The highest BCUT2D eigenvalue weighted by Crippen LogP contribution is 2.44. The van der Waals surface area contributed by atoms with Gasteiger partial charge >= 0.3 is 0 Å². The topological polar surface area (TPSA) is 49.9 Å². The third-order valence-electron chi connectivity index (χ3n) is 4.83. The molecule has 3 nitrogen and oxygen atoms in total. The van der Waals surface area contributed by atoms with Crippen LogP contribution in [0.2, 0.25) is 0 Å². The number of aromatic nitrogens is 1. The molecular formula is C22H17BrFNO2. The van der Waals surface area contributed by atoms with Crippen LogP contribution in [0.5, 0.6) is 0 Å². The van der Waals surface area contributed by atoms with E-state index in [1.807, 2.05) is 32.9 Å². The van der Waals surface area contributed by atoms with E-state index in [1.54, 1.807) is 18.2 Å². The molecule has 0 saturated heterocycles. The molecule has 2 aromatic carbocycles. The number of aromatic amines is 1. The first kappa shape index (κ1) is 17.9. The maximum Gasteiger partial charge on any atom is 0.241 e.